The summed E-state index contributed by atoms with van der Waals surface area (Å²) in [7, 11) is -4.63. The molecule has 0 N–H and O–H groups in total. The molecule has 32 heavy (non-hydrogen) atoms. The molecule has 5 fully saturated rings. The Morgan fingerprint density at radius 2 is 0.438 bits per heavy atom. The van der Waals surface area contributed by atoms with Crippen LogP contribution in [-0.4, -0.2) is 28.4 Å². The highest BCUT2D eigenvalue weighted by atomic mass is 30.2. The third-order valence-electron chi connectivity index (χ3n) is 14.0. The van der Waals surface area contributed by atoms with E-state index in [0.29, 0.717) is 0 Å². The molecule has 0 aromatic rings. The molecule has 5 rings (SSSR count). The van der Waals surface area contributed by atoms with E-state index in [-0.39, 0.29) is 0 Å². The minimum absolute atomic E-state index is 1.16. The molecule has 0 aromatic carbocycles. The summed E-state index contributed by atoms with van der Waals surface area (Å²) in [4.78, 5) is 0. The van der Waals surface area contributed by atoms with E-state index in [1.54, 1.807) is 128 Å². The van der Waals surface area contributed by atoms with Crippen LogP contribution in [0.25, 0.3) is 0 Å². The Morgan fingerprint density at radius 3 is 0.594 bits per heavy atom. The van der Waals surface area contributed by atoms with Crippen LogP contribution >= 0.6 is 0 Å². The maximum atomic E-state index is 3.21. The molecule has 0 aromatic heterocycles. The van der Waals surface area contributed by atoms with Crippen molar-refractivity contribution < 1.29 is 0 Å². The fourth-order valence-electron chi connectivity index (χ4n) is 12.2. The van der Waals surface area contributed by atoms with Crippen molar-refractivity contribution in [3.8, 4) is 0 Å². The molecule has 1 aliphatic heterocycles. The van der Waals surface area contributed by atoms with Crippen molar-refractivity contribution in [2.45, 2.75) is 177 Å². The van der Waals surface area contributed by atoms with E-state index in [1.807, 2.05) is 0 Å². The van der Waals surface area contributed by atoms with Crippen molar-refractivity contribution in [3.63, 3.8) is 0 Å². The molecular formula is C28H56Si4. The van der Waals surface area contributed by atoms with Crippen LogP contribution < -0.4 is 0 Å². The first-order valence-corrected chi connectivity index (χ1v) is 29.7. The smallest absolute Gasteiger partial charge is 0.0378 e. The van der Waals surface area contributed by atoms with Crippen LogP contribution in [0, 0.1) is 0 Å². The lowest BCUT2D eigenvalue weighted by Gasteiger charge is -2.84. The third kappa shape index (κ3) is 3.19. The van der Waals surface area contributed by atoms with Gasteiger partial charge in [-0.15, -0.1) is 0 Å². The zero-order valence-corrected chi connectivity index (χ0v) is 26.5. The lowest BCUT2D eigenvalue weighted by Crippen LogP contribution is -3.07. The van der Waals surface area contributed by atoms with Gasteiger partial charge in [-0.3, -0.25) is 0 Å². The zero-order valence-electron chi connectivity index (χ0n) is 22.5. The van der Waals surface area contributed by atoms with Gasteiger partial charge < -0.3 is 0 Å². The summed E-state index contributed by atoms with van der Waals surface area (Å²) < 4.78 is 0. The van der Waals surface area contributed by atoms with E-state index in [1.165, 1.54) is 22.2 Å². The van der Waals surface area contributed by atoms with Gasteiger partial charge in [0.1, 0.15) is 0 Å². The summed E-state index contributed by atoms with van der Waals surface area (Å²) in [5, 5.41) is 0. The second kappa shape index (κ2) is 9.39. The third-order valence-corrected chi connectivity index (χ3v) is 114. The molecule has 0 bridgehead atoms. The molecule has 1 heterocycles. The van der Waals surface area contributed by atoms with Crippen molar-refractivity contribution in [2.75, 3.05) is 0 Å². The Balaban J connectivity index is 1.65. The second-order valence-electron chi connectivity index (χ2n) is 14.1. The number of hydrogen-bond donors (Lipinski definition) is 0. The summed E-state index contributed by atoms with van der Waals surface area (Å²) in [6, 6.07) is 0. The summed E-state index contributed by atoms with van der Waals surface area (Å²) in [6.45, 7) is 12.8. The van der Waals surface area contributed by atoms with Gasteiger partial charge in [-0.05, 0) is 22.2 Å². The highest BCUT2D eigenvalue weighted by Crippen LogP contribution is 2.72. The fraction of sp³-hybridized carbons (Fsp3) is 1.00. The van der Waals surface area contributed by atoms with Gasteiger partial charge in [0, 0.05) is 28.4 Å². The molecule has 0 nitrogen and oxygen atoms in total. The molecule has 1 saturated heterocycles. The normalized spacial score (nSPS) is 46.1. The molecular weight excluding hydrogens is 449 g/mol. The Labute approximate surface area is 204 Å². The minimum atomic E-state index is -1.16. The van der Waals surface area contributed by atoms with Crippen molar-refractivity contribution in [3.05, 3.63) is 0 Å². The van der Waals surface area contributed by atoms with Gasteiger partial charge in [0.05, 0.1) is 0 Å². The average molecular weight is 505 g/mol. The maximum absolute atomic E-state index is 3.21. The summed E-state index contributed by atoms with van der Waals surface area (Å²) >= 11 is 0. The van der Waals surface area contributed by atoms with Crippen LogP contribution in [0.15, 0.2) is 0 Å². The van der Waals surface area contributed by atoms with Crippen molar-refractivity contribution in [2.24, 2.45) is 0 Å². The Bertz CT molecular complexity index is 516. The monoisotopic (exact) mass is 504 g/mol. The highest BCUT2D eigenvalue weighted by molar-refractivity contribution is 8.14. The van der Waals surface area contributed by atoms with Crippen LogP contribution in [-0.2, 0) is 0 Å². The quantitative estimate of drug-likeness (QED) is 0.334. The molecule has 0 amide bonds. The largest absolute Gasteiger partial charge is 0.0731 e. The van der Waals surface area contributed by atoms with E-state index in [2.05, 4.69) is 26.2 Å². The predicted molar refractivity (Wildman–Crippen MR) is 154 cm³/mol. The highest BCUT2D eigenvalue weighted by Gasteiger charge is 2.87. The average Bonchev–Trinajstić information content (AvgIpc) is 2.88. The summed E-state index contributed by atoms with van der Waals surface area (Å²) in [6.07, 6.45) is 32.7. The topological polar surface area (TPSA) is 0 Å². The van der Waals surface area contributed by atoms with E-state index < -0.39 is 28.4 Å². The SMILES string of the molecule is C[Si]1(C2CCCCC2)[Si](C)(C2CCCCC2)[Si](C)(C2CCCCC2)[Si]1(C)C1CCCCC1. The first-order valence-electron chi connectivity index (χ1n) is 15.4. The van der Waals surface area contributed by atoms with Crippen LogP contribution in [0.2, 0.25) is 48.4 Å². The minimum Gasteiger partial charge on any atom is -0.0731 e. The maximum Gasteiger partial charge on any atom is 0.0378 e. The summed E-state index contributed by atoms with van der Waals surface area (Å²) in [5.74, 6) is 0. The van der Waals surface area contributed by atoms with Crippen LogP contribution in [0.3, 0.4) is 0 Å². The van der Waals surface area contributed by atoms with E-state index in [4.69, 9.17) is 0 Å². The molecule has 0 radical (unpaired) electrons. The second-order valence-corrected chi connectivity index (χ2v) is 58.0. The zero-order chi connectivity index (χ0) is 22.5. The molecule has 4 saturated carbocycles. The molecule has 184 valence electrons. The number of rotatable bonds is 4. The van der Waals surface area contributed by atoms with E-state index in [9.17, 15) is 0 Å². The predicted octanol–water partition coefficient (Wildman–Crippen LogP) is 9.97. The first kappa shape index (κ1) is 24.6. The van der Waals surface area contributed by atoms with Gasteiger partial charge in [0.15, 0.2) is 0 Å². The Kier molecular flexibility index (Phi) is 7.21. The Hall–Kier alpha value is 0.868. The first-order chi connectivity index (χ1) is 15.4. The van der Waals surface area contributed by atoms with E-state index in [0.717, 1.165) is 0 Å². The van der Waals surface area contributed by atoms with Crippen LogP contribution in [0.4, 0.5) is 0 Å². The van der Waals surface area contributed by atoms with Crippen molar-refractivity contribution in [1.82, 2.24) is 0 Å². The van der Waals surface area contributed by atoms with Crippen molar-refractivity contribution in [1.29, 1.82) is 0 Å². The molecule has 4 heteroatoms. The van der Waals surface area contributed by atoms with Gasteiger partial charge in [0.2, 0.25) is 0 Å². The number of hydrogen-bond acceptors (Lipinski definition) is 0. The summed E-state index contributed by atoms with van der Waals surface area (Å²) in [5.41, 5.74) is 5.16. The van der Waals surface area contributed by atoms with Gasteiger partial charge in [0.25, 0.3) is 0 Å². The van der Waals surface area contributed by atoms with Crippen LogP contribution in [0.5, 0.6) is 0 Å². The lowest BCUT2D eigenvalue weighted by molar-refractivity contribution is 0.475. The van der Waals surface area contributed by atoms with Gasteiger partial charge in [-0.2, -0.15) is 0 Å². The van der Waals surface area contributed by atoms with E-state index >= 15 is 0 Å². The molecule has 0 spiro atoms. The standard InChI is InChI=1S/C28H56Si4/c1-29(25-17-9-5-10-18-25)30(2,26-19-11-6-12-20-26)32(4,28-23-15-8-16-24-28)31(29,3)27-21-13-7-14-22-27/h25-28H,5-24H2,1-4H3. The molecule has 0 atom stereocenters. The fourth-order valence-corrected chi connectivity index (χ4v) is 168. The Morgan fingerprint density at radius 1 is 0.281 bits per heavy atom. The van der Waals surface area contributed by atoms with Gasteiger partial charge in [-0.25, -0.2) is 0 Å². The van der Waals surface area contributed by atoms with Crippen molar-refractivity contribution >= 4 is 28.4 Å². The van der Waals surface area contributed by atoms with Crippen LogP contribution in [0.1, 0.15) is 128 Å². The van der Waals surface area contributed by atoms with Gasteiger partial charge in [-0.1, -0.05) is 155 Å². The molecule has 0 unspecified atom stereocenters. The molecule has 5 aliphatic rings. The lowest BCUT2D eigenvalue weighted by atomic mass is 10.0. The molecule has 4 aliphatic carbocycles. The van der Waals surface area contributed by atoms with Gasteiger partial charge >= 0.3 is 0 Å².